The number of hydrogen-bond donors (Lipinski definition) is 0. The minimum Gasteiger partial charge on any atom is -0.691 e. The van der Waals surface area contributed by atoms with E-state index in [1.54, 1.807) is 0 Å². The average molecular weight is 149 g/mol. The van der Waals surface area contributed by atoms with Gasteiger partial charge >= 0.3 is 5.51 Å². The Bertz CT molecular complexity index is 62.0. The molecule has 0 spiro atoms. The Balaban J connectivity index is 3.11. The maximum absolute atomic E-state index is 10.9. The smallest absolute Gasteiger partial charge is 0.470 e. The van der Waals surface area contributed by atoms with Gasteiger partial charge < -0.3 is 5.26 Å². The Morgan fingerprint density at radius 2 is 1.88 bits per heavy atom. The number of alkyl halides is 3. The van der Waals surface area contributed by atoms with Gasteiger partial charge in [0.05, 0.1) is 0 Å². The summed E-state index contributed by atoms with van der Waals surface area (Å²) in [6.45, 7) is 0. The highest BCUT2D eigenvalue weighted by molar-refractivity contribution is 7.95. The van der Waals surface area contributed by atoms with Crippen molar-refractivity contribution in [1.29, 1.82) is 0 Å². The first-order chi connectivity index (χ1) is 3.56. The van der Waals surface area contributed by atoms with Gasteiger partial charge in [-0.3, -0.25) is 5.04 Å². The zero-order valence-corrected chi connectivity index (χ0v) is 4.08. The number of hydrogen-bond acceptors (Lipinski definition) is 4. The molecule has 0 rings (SSSR count). The molecule has 0 aliphatic heterocycles. The van der Waals surface area contributed by atoms with Gasteiger partial charge in [0.25, 0.3) is 0 Å². The molecule has 0 unspecified atom stereocenters. The summed E-state index contributed by atoms with van der Waals surface area (Å²) in [6.07, 6.45) is 0. The van der Waals surface area contributed by atoms with E-state index in [1.807, 2.05) is 0 Å². The van der Waals surface area contributed by atoms with Crippen molar-refractivity contribution in [2.45, 2.75) is 5.51 Å². The molecule has 0 radical (unpaired) electrons. The van der Waals surface area contributed by atoms with Crippen LogP contribution in [0.4, 0.5) is 13.2 Å². The molecule has 0 saturated heterocycles. The molecule has 0 aromatic carbocycles. The van der Waals surface area contributed by atoms with E-state index in [0.717, 1.165) is 0 Å². The van der Waals surface area contributed by atoms with Gasteiger partial charge in [0, 0.05) is 0 Å². The fourth-order valence-electron chi connectivity index (χ4n) is 0.0525. The Labute approximate surface area is 46.4 Å². The average Bonchev–Trinajstić information content (AvgIpc) is 1.59. The van der Waals surface area contributed by atoms with Crippen LogP contribution in [-0.2, 0) is 9.37 Å². The lowest BCUT2D eigenvalue weighted by Crippen LogP contribution is -2.07. The monoisotopic (exact) mass is 149 g/mol. The molecule has 0 aromatic heterocycles. The fourth-order valence-corrected chi connectivity index (χ4v) is 0.157. The SMILES string of the molecule is [O-]OOSC(F)(F)F. The van der Waals surface area contributed by atoms with Crippen LogP contribution in [0.5, 0.6) is 0 Å². The quantitative estimate of drug-likeness (QED) is 0.323. The normalized spacial score (nSPS) is 12.0. The Hall–Kier alpha value is 0.0200. The molecule has 7 heteroatoms. The van der Waals surface area contributed by atoms with Crippen LogP contribution < -0.4 is 5.26 Å². The largest absolute Gasteiger partial charge is 0.691 e. The van der Waals surface area contributed by atoms with Crippen LogP contribution in [0.15, 0.2) is 0 Å². The van der Waals surface area contributed by atoms with Crippen molar-refractivity contribution < 1.29 is 27.8 Å². The van der Waals surface area contributed by atoms with Gasteiger partial charge in [-0.2, -0.15) is 17.5 Å². The topological polar surface area (TPSA) is 41.5 Å². The molecule has 0 aromatic rings. The van der Waals surface area contributed by atoms with Crippen molar-refractivity contribution in [3.05, 3.63) is 0 Å². The van der Waals surface area contributed by atoms with E-state index in [1.165, 1.54) is 0 Å². The summed E-state index contributed by atoms with van der Waals surface area (Å²) in [4.78, 5) is 0. The van der Waals surface area contributed by atoms with Gasteiger partial charge in [-0.15, -0.1) is 0 Å². The van der Waals surface area contributed by atoms with E-state index in [9.17, 15) is 13.2 Å². The van der Waals surface area contributed by atoms with Crippen LogP contribution >= 0.6 is 12.0 Å². The van der Waals surface area contributed by atoms with Gasteiger partial charge in [0.1, 0.15) is 12.0 Å². The zero-order valence-electron chi connectivity index (χ0n) is 3.27. The Morgan fingerprint density at radius 1 is 1.38 bits per heavy atom. The second-order valence-electron chi connectivity index (χ2n) is 0.665. The molecular formula is CF3O3S-. The lowest BCUT2D eigenvalue weighted by Gasteiger charge is -2.04. The summed E-state index contributed by atoms with van der Waals surface area (Å²) >= 11 is -1.00. The van der Waals surface area contributed by atoms with E-state index >= 15 is 0 Å². The molecule has 0 N–H and O–H groups in total. The van der Waals surface area contributed by atoms with E-state index in [0.29, 0.717) is 0 Å². The van der Waals surface area contributed by atoms with Crippen molar-refractivity contribution in [3.8, 4) is 0 Å². The molecule has 0 atom stereocenters. The molecule has 0 aliphatic carbocycles. The first-order valence-electron chi connectivity index (χ1n) is 1.27. The van der Waals surface area contributed by atoms with Crippen LogP contribution in [0.1, 0.15) is 0 Å². The van der Waals surface area contributed by atoms with Crippen LogP contribution in [0.2, 0.25) is 0 Å². The molecule has 3 nitrogen and oxygen atoms in total. The van der Waals surface area contributed by atoms with E-state index in [4.69, 9.17) is 5.26 Å². The molecule has 0 amide bonds. The molecule has 0 bridgehead atoms. The van der Waals surface area contributed by atoms with Gasteiger partial charge in [0.15, 0.2) is 0 Å². The van der Waals surface area contributed by atoms with E-state index in [-0.39, 0.29) is 0 Å². The van der Waals surface area contributed by atoms with Gasteiger partial charge in [-0.05, 0) is 0 Å². The molecule has 0 saturated carbocycles. The summed E-state index contributed by atoms with van der Waals surface area (Å²) in [5.41, 5.74) is -4.58. The summed E-state index contributed by atoms with van der Waals surface area (Å²) in [6, 6.07) is 0. The summed E-state index contributed by atoms with van der Waals surface area (Å²) < 4.78 is 35.5. The van der Waals surface area contributed by atoms with Gasteiger partial charge in [-0.1, -0.05) is 0 Å². The maximum atomic E-state index is 10.9. The lowest BCUT2D eigenvalue weighted by molar-refractivity contribution is -0.777. The first-order valence-corrected chi connectivity index (χ1v) is 2.01. The highest BCUT2D eigenvalue weighted by atomic mass is 32.2. The second-order valence-corrected chi connectivity index (χ2v) is 1.43. The Kier molecular flexibility index (Phi) is 3.13. The summed E-state index contributed by atoms with van der Waals surface area (Å²) in [7, 11) is 0. The fraction of sp³-hybridized carbons (Fsp3) is 1.00. The molecule has 0 aliphatic rings. The van der Waals surface area contributed by atoms with E-state index in [2.05, 4.69) is 9.37 Å². The van der Waals surface area contributed by atoms with Crippen molar-refractivity contribution >= 4 is 12.0 Å². The maximum Gasteiger partial charge on any atom is 0.470 e. The molecule has 0 heterocycles. The molecule has 0 fully saturated rings. The minimum absolute atomic E-state index is 1.00. The highest BCUT2D eigenvalue weighted by Crippen LogP contribution is 2.30. The molecule has 8 heavy (non-hydrogen) atoms. The van der Waals surface area contributed by atoms with Crippen LogP contribution in [-0.4, -0.2) is 5.51 Å². The third-order valence-electron chi connectivity index (χ3n) is 0.156. The van der Waals surface area contributed by atoms with Crippen molar-refractivity contribution in [1.82, 2.24) is 0 Å². The van der Waals surface area contributed by atoms with Crippen molar-refractivity contribution in [2.24, 2.45) is 0 Å². The predicted octanol–water partition coefficient (Wildman–Crippen LogP) is 0.378. The van der Waals surface area contributed by atoms with E-state index < -0.39 is 17.6 Å². The lowest BCUT2D eigenvalue weighted by atomic mass is 11.6. The second kappa shape index (κ2) is 3.13. The Morgan fingerprint density at radius 3 is 2.00 bits per heavy atom. The van der Waals surface area contributed by atoms with Crippen LogP contribution in [0, 0.1) is 0 Å². The summed E-state index contributed by atoms with van der Waals surface area (Å²) in [5, 5.41) is 11.1. The van der Waals surface area contributed by atoms with Gasteiger partial charge in [0.2, 0.25) is 0 Å². The highest BCUT2D eigenvalue weighted by Gasteiger charge is 2.30. The molecular weight excluding hydrogens is 149 g/mol. The standard InChI is InChI=1S/CHF3O3S/c2-1(3,4)8-7-6-5/h5H/p-1. The van der Waals surface area contributed by atoms with Gasteiger partial charge in [-0.25, -0.2) is 0 Å². The number of rotatable bonds is 2. The summed E-state index contributed by atoms with van der Waals surface area (Å²) in [5.74, 6) is 0. The minimum atomic E-state index is -4.58. The predicted molar refractivity (Wildman–Crippen MR) is 15.8 cm³/mol. The van der Waals surface area contributed by atoms with Crippen LogP contribution in [0.25, 0.3) is 0 Å². The van der Waals surface area contributed by atoms with Crippen LogP contribution in [0.3, 0.4) is 0 Å². The van der Waals surface area contributed by atoms with Crippen molar-refractivity contribution in [2.75, 3.05) is 0 Å². The third-order valence-corrected chi connectivity index (χ3v) is 0.469. The first kappa shape index (κ1) is 8.02. The molecule has 50 valence electrons. The number of halogens is 3. The third kappa shape index (κ3) is 6.02. The van der Waals surface area contributed by atoms with Crippen molar-refractivity contribution in [3.63, 3.8) is 0 Å². The zero-order chi connectivity index (χ0) is 6.62.